The van der Waals surface area contributed by atoms with E-state index in [0.717, 1.165) is 38.9 Å². The van der Waals surface area contributed by atoms with E-state index in [9.17, 15) is 9.90 Å². The van der Waals surface area contributed by atoms with Crippen LogP contribution in [0.25, 0.3) is 0 Å². The molecule has 120 valence electrons. The van der Waals surface area contributed by atoms with Crippen molar-refractivity contribution in [3.8, 4) is 0 Å². The van der Waals surface area contributed by atoms with Gasteiger partial charge in [-0.25, -0.2) is 0 Å². The van der Waals surface area contributed by atoms with Crippen molar-refractivity contribution in [2.45, 2.75) is 44.9 Å². The molecule has 3 atom stereocenters. The summed E-state index contributed by atoms with van der Waals surface area (Å²) in [5.41, 5.74) is 1.27. The third kappa shape index (κ3) is 3.33. The summed E-state index contributed by atoms with van der Waals surface area (Å²) in [4.78, 5) is 17.1. The summed E-state index contributed by atoms with van der Waals surface area (Å²) >= 11 is 0. The van der Waals surface area contributed by atoms with Crippen molar-refractivity contribution >= 4 is 5.91 Å². The highest BCUT2D eigenvalue weighted by Crippen LogP contribution is 2.26. The highest BCUT2D eigenvalue weighted by atomic mass is 16.3. The molecule has 2 heterocycles. The molecule has 1 aromatic rings. The lowest BCUT2D eigenvalue weighted by atomic mass is 10.0. The van der Waals surface area contributed by atoms with Crippen molar-refractivity contribution in [3.05, 3.63) is 35.9 Å². The molecule has 0 aliphatic carbocycles. The first kappa shape index (κ1) is 15.5. The fraction of sp³-hybridized carbons (Fsp3) is 0.611. The van der Waals surface area contributed by atoms with E-state index in [2.05, 4.69) is 29.2 Å². The molecule has 0 radical (unpaired) electrons. The highest BCUT2D eigenvalue weighted by Gasteiger charge is 2.37. The lowest BCUT2D eigenvalue weighted by Gasteiger charge is -2.28. The van der Waals surface area contributed by atoms with Crippen LogP contribution in [0.2, 0.25) is 0 Å². The Morgan fingerprint density at radius 2 is 2.05 bits per heavy atom. The number of aliphatic hydroxyl groups is 1. The Kier molecular flexibility index (Phi) is 4.79. The molecule has 2 aliphatic rings. The molecular formula is C18H26N2O2. The van der Waals surface area contributed by atoms with E-state index in [4.69, 9.17) is 0 Å². The lowest BCUT2D eigenvalue weighted by Crippen LogP contribution is -2.44. The number of hydrogen-bond acceptors (Lipinski definition) is 3. The number of amides is 1. The topological polar surface area (TPSA) is 43.8 Å². The molecule has 1 aromatic carbocycles. The van der Waals surface area contributed by atoms with Crippen LogP contribution in [0, 0.1) is 5.92 Å². The standard InChI is InChI=1S/C18H26N2O2/c1-14(21)16-9-11-20(13-16)18(22)17-8-5-10-19(17)12-15-6-3-2-4-7-15/h2-4,6-7,14,16-17,21H,5,8-13H2,1H3. The molecule has 4 nitrogen and oxygen atoms in total. The van der Waals surface area contributed by atoms with Crippen molar-refractivity contribution in [1.82, 2.24) is 9.80 Å². The summed E-state index contributed by atoms with van der Waals surface area (Å²) in [5.74, 6) is 0.504. The van der Waals surface area contributed by atoms with Crippen molar-refractivity contribution in [3.63, 3.8) is 0 Å². The Balaban J connectivity index is 1.62. The quantitative estimate of drug-likeness (QED) is 0.923. The summed E-state index contributed by atoms with van der Waals surface area (Å²) in [5, 5.41) is 9.72. The Hall–Kier alpha value is -1.39. The minimum atomic E-state index is -0.318. The number of rotatable bonds is 4. The Morgan fingerprint density at radius 3 is 2.73 bits per heavy atom. The molecule has 2 fully saturated rings. The third-order valence-corrected chi connectivity index (χ3v) is 5.10. The first-order valence-electron chi connectivity index (χ1n) is 8.40. The molecule has 1 amide bonds. The van der Waals surface area contributed by atoms with Crippen molar-refractivity contribution < 1.29 is 9.90 Å². The highest BCUT2D eigenvalue weighted by molar-refractivity contribution is 5.82. The zero-order valence-electron chi connectivity index (χ0n) is 13.3. The maximum Gasteiger partial charge on any atom is 0.239 e. The zero-order chi connectivity index (χ0) is 15.5. The van der Waals surface area contributed by atoms with E-state index in [1.807, 2.05) is 17.9 Å². The predicted octanol–water partition coefficient (Wildman–Crippen LogP) is 1.88. The number of nitrogens with zero attached hydrogens (tertiary/aromatic N) is 2. The van der Waals surface area contributed by atoms with Crippen molar-refractivity contribution in [2.75, 3.05) is 19.6 Å². The lowest BCUT2D eigenvalue weighted by molar-refractivity contribution is -0.135. The number of carbonyl (C=O) groups is 1. The van der Waals surface area contributed by atoms with Crippen molar-refractivity contribution in [2.24, 2.45) is 5.92 Å². The summed E-state index contributed by atoms with van der Waals surface area (Å²) in [7, 11) is 0. The summed E-state index contributed by atoms with van der Waals surface area (Å²) < 4.78 is 0. The van der Waals surface area contributed by atoms with Gasteiger partial charge in [-0.3, -0.25) is 9.69 Å². The van der Waals surface area contributed by atoms with E-state index >= 15 is 0 Å². The Morgan fingerprint density at radius 1 is 1.27 bits per heavy atom. The first-order chi connectivity index (χ1) is 10.6. The molecule has 3 unspecified atom stereocenters. The van der Waals surface area contributed by atoms with Gasteiger partial charge in [-0.15, -0.1) is 0 Å². The van der Waals surface area contributed by atoms with Gasteiger partial charge in [0.15, 0.2) is 0 Å². The second-order valence-corrected chi connectivity index (χ2v) is 6.69. The summed E-state index contributed by atoms with van der Waals surface area (Å²) in [6, 6.07) is 10.4. The zero-order valence-corrected chi connectivity index (χ0v) is 13.3. The van der Waals surface area contributed by atoms with Gasteiger partial charge in [0, 0.05) is 25.6 Å². The van der Waals surface area contributed by atoms with Crippen LogP contribution in [0.4, 0.5) is 0 Å². The molecule has 0 aromatic heterocycles. The van der Waals surface area contributed by atoms with E-state index in [0.29, 0.717) is 6.54 Å². The van der Waals surface area contributed by atoms with Crippen molar-refractivity contribution in [1.29, 1.82) is 0 Å². The molecule has 0 saturated carbocycles. The monoisotopic (exact) mass is 302 g/mol. The second-order valence-electron chi connectivity index (χ2n) is 6.69. The molecule has 4 heteroatoms. The number of hydrogen-bond donors (Lipinski definition) is 1. The van der Waals surface area contributed by atoms with Crippen LogP contribution in [-0.4, -0.2) is 52.6 Å². The van der Waals surface area contributed by atoms with Gasteiger partial charge in [0.25, 0.3) is 0 Å². The molecule has 22 heavy (non-hydrogen) atoms. The third-order valence-electron chi connectivity index (χ3n) is 5.10. The average molecular weight is 302 g/mol. The van der Waals surface area contributed by atoms with E-state index < -0.39 is 0 Å². The molecule has 0 spiro atoms. The van der Waals surface area contributed by atoms with Crippen LogP contribution in [-0.2, 0) is 11.3 Å². The fourth-order valence-corrected chi connectivity index (χ4v) is 3.70. The molecule has 3 rings (SSSR count). The molecule has 2 saturated heterocycles. The Labute approximate surface area is 132 Å². The van der Waals surface area contributed by atoms with Crippen LogP contribution in [0.3, 0.4) is 0 Å². The van der Waals surface area contributed by atoms with Gasteiger partial charge in [-0.05, 0) is 38.3 Å². The van der Waals surface area contributed by atoms with Crippen LogP contribution in [0.1, 0.15) is 31.7 Å². The number of carbonyl (C=O) groups excluding carboxylic acids is 1. The van der Waals surface area contributed by atoms with Gasteiger partial charge in [0.1, 0.15) is 0 Å². The predicted molar refractivity (Wildman–Crippen MR) is 86.2 cm³/mol. The summed E-state index contributed by atoms with van der Waals surface area (Å²) in [6.07, 6.45) is 2.66. The number of benzene rings is 1. The molecule has 2 aliphatic heterocycles. The van der Waals surface area contributed by atoms with Gasteiger partial charge < -0.3 is 10.0 Å². The normalized spacial score (nSPS) is 27.3. The average Bonchev–Trinajstić information content (AvgIpc) is 3.17. The fourth-order valence-electron chi connectivity index (χ4n) is 3.70. The van der Waals surface area contributed by atoms with Gasteiger partial charge >= 0.3 is 0 Å². The number of aliphatic hydroxyl groups excluding tert-OH is 1. The van der Waals surface area contributed by atoms with Gasteiger partial charge in [-0.1, -0.05) is 30.3 Å². The maximum absolute atomic E-state index is 12.8. The smallest absolute Gasteiger partial charge is 0.239 e. The maximum atomic E-state index is 12.8. The molecular weight excluding hydrogens is 276 g/mol. The largest absolute Gasteiger partial charge is 0.393 e. The van der Waals surface area contributed by atoms with Crippen LogP contribution < -0.4 is 0 Å². The van der Waals surface area contributed by atoms with E-state index in [-0.39, 0.29) is 24.0 Å². The number of likely N-dealkylation sites (tertiary alicyclic amines) is 2. The van der Waals surface area contributed by atoms with Gasteiger partial charge in [-0.2, -0.15) is 0 Å². The van der Waals surface area contributed by atoms with Crippen LogP contribution in [0.5, 0.6) is 0 Å². The van der Waals surface area contributed by atoms with Crippen LogP contribution in [0.15, 0.2) is 30.3 Å². The minimum Gasteiger partial charge on any atom is -0.393 e. The molecule has 1 N–H and O–H groups in total. The van der Waals surface area contributed by atoms with E-state index in [1.54, 1.807) is 0 Å². The Bertz CT molecular complexity index is 503. The first-order valence-corrected chi connectivity index (χ1v) is 8.40. The SMILES string of the molecule is CC(O)C1CCN(C(=O)C2CCCN2Cc2ccccc2)C1. The van der Waals surface area contributed by atoms with E-state index in [1.165, 1.54) is 5.56 Å². The van der Waals surface area contributed by atoms with Gasteiger partial charge in [0.2, 0.25) is 5.91 Å². The summed E-state index contributed by atoms with van der Waals surface area (Å²) in [6.45, 7) is 5.19. The minimum absolute atomic E-state index is 0.0213. The van der Waals surface area contributed by atoms with Gasteiger partial charge in [0.05, 0.1) is 12.1 Å². The second kappa shape index (κ2) is 6.80. The molecule has 0 bridgehead atoms. The van der Waals surface area contributed by atoms with Crippen LogP contribution >= 0.6 is 0 Å².